The summed E-state index contributed by atoms with van der Waals surface area (Å²) < 4.78 is 10.9. The Morgan fingerprint density at radius 2 is 2.00 bits per heavy atom. The van der Waals surface area contributed by atoms with Crippen LogP contribution in [0.15, 0.2) is 23.3 Å². The lowest BCUT2D eigenvalue weighted by Gasteiger charge is -2.48. The van der Waals surface area contributed by atoms with Gasteiger partial charge in [-0.05, 0) is 25.8 Å². The maximum absolute atomic E-state index is 5.59. The highest BCUT2D eigenvalue weighted by molar-refractivity contribution is 14.0. The fraction of sp³-hybridized carbons (Fsp3) is 0.714. The second-order valence-electron chi connectivity index (χ2n) is 7.60. The Labute approximate surface area is 192 Å². The summed E-state index contributed by atoms with van der Waals surface area (Å²) in [5.41, 5.74) is 1.20. The van der Waals surface area contributed by atoms with E-state index in [9.17, 15) is 0 Å². The summed E-state index contributed by atoms with van der Waals surface area (Å²) in [6.07, 6.45) is 8.19. The fourth-order valence-electron chi connectivity index (χ4n) is 4.33. The van der Waals surface area contributed by atoms with Gasteiger partial charge in [-0.2, -0.15) is 0 Å². The van der Waals surface area contributed by atoms with Gasteiger partial charge in [0.1, 0.15) is 0 Å². The normalized spacial score (nSPS) is 19.9. The predicted molar refractivity (Wildman–Crippen MR) is 127 cm³/mol. The van der Waals surface area contributed by atoms with E-state index in [4.69, 9.17) is 14.5 Å². The fourth-order valence-corrected chi connectivity index (χ4v) is 4.33. The van der Waals surface area contributed by atoms with E-state index in [1.165, 1.54) is 32.1 Å². The van der Waals surface area contributed by atoms with Gasteiger partial charge in [-0.25, -0.2) is 9.98 Å². The van der Waals surface area contributed by atoms with Crippen LogP contribution >= 0.6 is 24.0 Å². The molecular weight excluding hydrogens is 481 g/mol. The smallest absolute Gasteiger partial charge is 0.218 e. The Balaban J connectivity index is 0.00000300. The average Bonchev–Trinajstić information content (AvgIpc) is 2.77. The largest absolute Gasteiger partial charge is 0.481 e. The van der Waals surface area contributed by atoms with E-state index in [1.807, 2.05) is 12.1 Å². The standard InChI is InChI=1S/C21H35N5O2.HI/c1-3-22-20(24-16-18-8-7-11-23-19(18)27-2)25-17-21(9-5-4-6-10-21)26-12-14-28-15-13-26;/h7-8,11H,3-6,9-10,12-17H2,1-2H3,(H2,22,24,25);1H. The first-order valence-corrected chi connectivity index (χ1v) is 10.6. The zero-order valence-electron chi connectivity index (χ0n) is 17.8. The lowest BCUT2D eigenvalue weighted by atomic mass is 9.80. The molecular formula is C21H36IN5O2. The molecule has 0 bridgehead atoms. The number of hydrogen-bond donors (Lipinski definition) is 2. The number of pyridine rings is 1. The third-order valence-corrected chi connectivity index (χ3v) is 5.85. The van der Waals surface area contributed by atoms with Crippen LogP contribution in [0.3, 0.4) is 0 Å². The SMILES string of the molecule is CCNC(=NCc1cccnc1OC)NCC1(N2CCOCC2)CCCCC1.I. The highest BCUT2D eigenvalue weighted by Crippen LogP contribution is 2.33. The first-order chi connectivity index (χ1) is 13.8. The molecule has 2 heterocycles. The number of guanidine groups is 1. The summed E-state index contributed by atoms with van der Waals surface area (Å²) in [6.45, 7) is 8.14. The number of nitrogens with zero attached hydrogens (tertiary/aromatic N) is 3. The zero-order chi connectivity index (χ0) is 19.7. The van der Waals surface area contributed by atoms with E-state index in [2.05, 4.69) is 27.4 Å². The number of aliphatic imine (C=N–C) groups is 1. The maximum Gasteiger partial charge on any atom is 0.218 e. The molecule has 2 N–H and O–H groups in total. The van der Waals surface area contributed by atoms with Gasteiger partial charge >= 0.3 is 0 Å². The second kappa shape index (κ2) is 12.5. The Morgan fingerprint density at radius 1 is 1.24 bits per heavy atom. The molecule has 2 aliphatic rings. The van der Waals surface area contributed by atoms with E-state index in [0.29, 0.717) is 12.4 Å². The number of morpholine rings is 1. The summed E-state index contributed by atoms with van der Waals surface area (Å²) in [5, 5.41) is 7.02. The first-order valence-electron chi connectivity index (χ1n) is 10.6. The van der Waals surface area contributed by atoms with Gasteiger partial charge < -0.3 is 20.1 Å². The number of hydrogen-bond acceptors (Lipinski definition) is 5. The van der Waals surface area contributed by atoms with E-state index < -0.39 is 0 Å². The third kappa shape index (κ3) is 6.68. The molecule has 1 saturated carbocycles. The highest BCUT2D eigenvalue weighted by Gasteiger charge is 2.38. The van der Waals surface area contributed by atoms with Gasteiger partial charge in [0.2, 0.25) is 5.88 Å². The molecule has 1 aliphatic heterocycles. The van der Waals surface area contributed by atoms with E-state index in [0.717, 1.165) is 50.9 Å². The predicted octanol–water partition coefficient (Wildman–Crippen LogP) is 2.80. The number of nitrogens with one attached hydrogen (secondary N) is 2. The van der Waals surface area contributed by atoms with Crippen LogP contribution in [0.2, 0.25) is 0 Å². The van der Waals surface area contributed by atoms with Gasteiger partial charge in [-0.1, -0.05) is 25.3 Å². The molecule has 29 heavy (non-hydrogen) atoms. The molecule has 164 valence electrons. The Kier molecular flexibility index (Phi) is 10.4. The molecule has 0 spiro atoms. The van der Waals surface area contributed by atoms with Crippen molar-refractivity contribution in [3.8, 4) is 5.88 Å². The zero-order valence-corrected chi connectivity index (χ0v) is 20.1. The molecule has 2 fully saturated rings. The lowest BCUT2D eigenvalue weighted by molar-refractivity contribution is -0.0352. The number of methoxy groups -OCH3 is 1. The highest BCUT2D eigenvalue weighted by atomic mass is 127. The molecule has 0 radical (unpaired) electrons. The lowest BCUT2D eigenvalue weighted by Crippen LogP contribution is -2.60. The van der Waals surface area contributed by atoms with Crippen molar-refractivity contribution < 1.29 is 9.47 Å². The molecule has 7 nitrogen and oxygen atoms in total. The van der Waals surface area contributed by atoms with Crippen LogP contribution in [-0.2, 0) is 11.3 Å². The van der Waals surface area contributed by atoms with Crippen molar-refractivity contribution in [3.05, 3.63) is 23.9 Å². The van der Waals surface area contributed by atoms with Crippen LogP contribution in [0.1, 0.15) is 44.6 Å². The molecule has 3 rings (SSSR count). The van der Waals surface area contributed by atoms with Gasteiger partial charge in [0, 0.05) is 43.5 Å². The van der Waals surface area contributed by atoms with Gasteiger partial charge in [0.15, 0.2) is 5.96 Å². The van der Waals surface area contributed by atoms with Crippen LogP contribution < -0.4 is 15.4 Å². The van der Waals surface area contributed by atoms with Crippen molar-refractivity contribution in [1.29, 1.82) is 0 Å². The van der Waals surface area contributed by atoms with Crippen molar-refractivity contribution in [2.24, 2.45) is 4.99 Å². The van der Waals surface area contributed by atoms with Crippen molar-refractivity contribution in [2.75, 3.05) is 46.5 Å². The minimum atomic E-state index is 0. The number of halogens is 1. The van der Waals surface area contributed by atoms with Crippen molar-refractivity contribution in [3.63, 3.8) is 0 Å². The van der Waals surface area contributed by atoms with Gasteiger partial charge in [-0.3, -0.25) is 4.90 Å². The summed E-state index contributed by atoms with van der Waals surface area (Å²) in [5.74, 6) is 1.49. The molecule has 1 aromatic heterocycles. The van der Waals surface area contributed by atoms with E-state index in [-0.39, 0.29) is 29.5 Å². The molecule has 1 saturated heterocycles. The molecule has 0 unspecified atom stereocenters. The first kappa shape index (κ1) is 24.1. The third-order valence-electron chi connectivity index (χ3n) is 5.85. The monoisotopic (exact) mass is 517 g/mol. The summed E-state index contributed by atoms with van der Waals surface area (Å²) in [6, 6.07) is 3.93. The molecule has 8 heteroatoms. The molecule has 0 aromatic carbocycles. The molecule has 0 amide bonds. The van der Waals surface area contributed by atoms with Crippen LogP contribution in [0.4, 0.5) is 0 Å². The van der Waals surface area contributed by atoms with Crippen molar-refractivity contribution in [1.82, 2.24) is 20.5 Å². The Bertz CT molecular complexity index is 631. The summed E-state index contributed by atoms with van der Waals surface area (Å²) >= 11 is 0. The minimum Gasteiger partial charge on any atom is -0.481 e. The minimum absolute atomic E-state index is 0. The van der Waals surface area contributed by atoms with E-state index in [1.54, 1.807) is 13.3 Å². The molecule has 0 atom stereocenters. The summed E-state index contributed by atoms with van der Waals surface area (Å²) in [7, 11) is 1.65. The summed E-state index contributed by atoms with van der Waals surface area (Å²) in [4.78, 5) is 11.7. The van der Waals surface area contributed by atoms with Gasteiger partial charge in [-0.15, -0.1) is 24.0 Å². The quantitative estimate of drug-likeness (QED) is 0.330. The van der Waals surface area contributed by atoms with Gasteiger partial charge in [0.05, 0.1) is 26.9 Å². The van der Waals surface area contributed by atoms with Gasteiger partial charge in [0.25, 0.3) is 0 Å². The second-order valence-corrected chi connectivity index (χ2v) is 7.60. The average molecular weight is 517 g/mol. The number of aromatic nitrogens is 1. The van der Waals surface area contributed by atoms with Crippen LogP contribution in [0.5, 0.6) is 5.88 Å². The Hall–Kier alpha value is -1.13. The molecule has 1 aliphatic carbocycles. The molecule has 1 aromatic rings. The van der Waals surface area contributed by atoms with Crippen molar-refractivity contribution >= 4 is 29.9 Å². The Morgan fingerprint density at radius 3 is 2.69 bits per heavy atom. The topological polar surface area (TPSA) is 71.0 Å². The maximum atomic E-state index is 5.59. The number of ether oxygens (including phenoxy) is 2. The van der Waals surface area contributed by atoms with Crippen LogP contribution in [-0.4, -0.2) is 67.9 Å². The number of rotatable bonds is 7. The van der Waals surface area contributed by atoms with E-state index >= 15 is 0 Å². The van der Waals surface area contributed by atoms with Crippen LogP contribution in [0, 0.1) is 0 Å². The van der Waals surface area contributed by atoms with Crippen molar-refractivity contribution in [2.45, 2.75) is 51.1 Å². The van der Waals surface area contributed by atoms with Crippen LogP contribution in [0.25, 0.3) is 0 Å².